The molecule has 1 aliphatic heterocycles. The molecule has 2 atom stereocenters. The average molecular weight is 332 g/mol. The van der Waals surface area contributed by atoms with Crippen LogP contribution in [-0.4, -0.2) is 35.0 Å². The Morgan fingerprint density at radius 3 is 2.38 bits per heavy atom. The molecule has 1 aromatic rings. The van der Waals surface area contributed by atoms with Crippen LogP contribution in [0.25, 0.3) is 0 Å². The van der Waals surface area contributed by atoms with Gasteiger partial charge in [0.05, 0.1) is 0 Å². The fourth-order valence-corrected chi connectivity index (χ4v) is 2.66. The molecule has 0 aliphatic carbocycles. The number of hydrogen-bond acceptors (Lipinski definition) is 3. The van der Waals surface area contributed by atoms with Gasteiger partial charge in [-0.05, 0) is 23.0 Å². The predicted octanol–water partition coefficient (Wildman–Crippen LogP) is 1.37. The van der Waals surface area contributed by atoms with Crippen LogP contribution in [0.3, 0.4) is 0 Å². The van der Waals surface area contributed by atoms with Crippen molar-refractivity contribution >= 4 is 17.8 Å². The van der Waals surface area contributed by atoms with Crippen LogP contribution < -0.4 is 10.6 Å². The van der Waals surface area contributed by atoms with Gasteiger partial charge in [-0.15, -0.1) is 0 Å². The van der Waals surface area contributed by atoms with Crippen molar-refractivity contribution in [2.75, 3.05) is 0 Å². The quantitative estimate of drug-likeness (QED) is 0.759. The first-order chi connectivity index (χ1) is 11.2. The maximum absolute atomic E-state index is 12.1. The molecule has 6 nitrogen and oxygen atoms in total. The Balaban J connectivity index is 2.02. The minimum atomic E-state index is -1.09. The van der Waals surface area contributed by atoms with Gasteiger partial charge in [0.15, 0.2) is 0 Å². The van der Waals surface area contributed by atoms with Crippen molar-refractivity contribution in [3.05, 3.63) is 35.4 Å². The molecule has 2 rings (SSSR count). The summed E-state index contributed by atoms with van der Waals surface area (Å²) in [6, 6.07) is 6.08. The van der Waals surface area contributed by atoms with Gasteiger partial charge >= 0.3 is 5.97 Å². The number of amides is 2. The zero-order valence-corrected chi connectivity index (χ0v) is 14.3. The molecule has 130 valence electrons. The van der Waals surface area contributed by atoms with Crippen LogP contribution in [0.5, 0.6) is 0 Å². The molecule has 1 aromatic carbocycles. The Labute approximate surface area is 141 Å². The summed E-state index contributed by atoms with van der Waals surface area (Å²) in [6.45, 7) is 6.33. The highest BCUT2D eigenvalue weighted by Gasteiger charge is 2.30. The highest BCUT2D eigenvalue weighted by Crippen LogP contribution is 2.22. The van der Waals surface area contributed by atoms with Crippen molar-refractivity contribution < 1.29 is 19.5 Å². The van der Waals surface area contributed by atoms with E-state index >= 15 is 0 Å². The number of carbonyl (C=O) groups is 3. The number of aliphatic carboxylic acids is 1. The van der Waals surface area contributed by atoms with Crippen molar-refractivity contribution in [2.45, 2.75) is 57.5 Å². The largest absolute Gasteiger partial charge is 0.480 e. The van der Waals surface area contributed by atoms with Crippen LogP contribution in [0, 0.1) is 0 Å². The van der Waals surface area contributed by atoms with Gasteiger partial charge in [0.1, 0.15) is 12.1 Å². The van der Waals surface area contributed by atoms with E-state index in [9.17, 15) is 19.5 Å². The van der Waals surface area contributed by atoms with E-state index in [0.717, 1.165) is 11.1 Å². The molecule has 0 saturated carbocycles. The lowest BCUT2D eigenvalue weighted by Crippen LogP contribution is -2.49. The molecule has 1 saturated heterocycles. The van der Waals surface area contributed by atoms with E-state index in [2.05, 4.69) is 31.4 Å². The third kappa shape index (κ3) is 4.57. The summed E-state index contributed by atoms with van der Waals surface area (Å²) in [6.07, 6.45) is 0.896. The molecule has 3 N–H and O–H groups in total. The highest BCUT2D eigenvalue weighted by atomic mass is 16.4. The number of hydrogen-bond donors (Lipinski definition) is 3. The molecule has 0 bridgehead atoms. The molecule has 1 heterocycles. The molecule has 6 heteroatoms. The number of carbonyl (C=O) groups excluding carboxylic acids is 2. The number of nitrogens with one attached hydrogen (secondary N) is 2. The fraction of sp³-hybridized carbons (Fsp3) is 0.500. The Morgan fingerprint density at radius 2 is 1.92 bits per heavy atom. The first kappa shape index (κ1) is 18.0. The highest BCUT2D eigenvalue weighted by molar-refractivity contribution is 5.92. The fourth-order valence-electron chi connectivity index (χ4n) is 2.66. The first-order valence-electron chi connectivity index (χ1n) is 8.09. The summed E-state index contributed by atoms with van der Waals surface area (Å²) < 4.78 is 0. The van der Waals surface area contributed by atoms with Crippen LogP contribution in [-0.2, 0) is 26.2 Å². The second kappa shape index (κ2) is 7.03. The minimum Gasteiger partial charge on any atom is -0.480 e. The molecule has 1 fully saturated rings. The van der Waals surface area contributed by atoms with Crippen LogP contribution in [0.15, 0.2) is 24.3 Å². The van der Waals surface area contributed by atoms with Crippen molar-refractivity contribution in [1.29, 1.82) is 0 Å². The number of rotatable bonds is 5. The van der Waals surface area contributed by atoms with Gasteiger partial charge in [0.2, 0.25) is 11.8 Å². The molecule has 0 aromatic heterocycles. The molecule has 2 amide bonds. The van der Waals surface area contributed by atoms with Crippen molar-refractivity contribution in [2.24, 2.45) is 0 Å². The van der Waals surface area contributed by atoms with E-state index in [1.165, 1.54) is 0 Å². The maximum Gasteiger partial charge on any atom is 0.326 e. The molecule has 24 heavy (non-hydrogen) atoms. The third-order valence-electron chi connectivity index (χ3n) is 4.19. The zero-order chi connectivity index (χ0) is 17.9. The molecule has 0 radical (unpaired) electrons. The van der Waals surface area contributed by atoms with Gasteiger partial charge < -0.3 is 15.7 Å². The van der Waals surface area contributed by atoms with Crippen LogP contribution in [0.2, 0.25) is 0 Å². The van der Waals surface area contributed by atoms with Gasteiger partial charge in [0.25, 0.3) is 0 Å². The summed E-state index contributed by atoms with van der Waals surface area (Å²) in [7, 11) is 0. The first-order valence-corrected chi connectivity index (χ1v) is 8.09. The smallest absolute Gasteiger partial charge is 0.326 e. The van der Waals surface area contributed by atoms with E-state index < -0.39 is 24.0 Å². The van der Waals surface area contributed by atoms with E-state index in [1.807, 2.05) is 24.3 Å². The molecular formula is C18H24N2O4. The number of carboxylic acids is 1. The second-order valence-corrected chi connectivity index (χ2v) is 7.21. The standard InChI is InChI=1S/C18H24N2O4/c1-18(2,3)12-6-4-11(5-7-12)10-14(17(23)24)20-16(22)13-8-9-15(21)19-13/h4-7,13-14H,8-10H2,1-3H3,(H,19,21)(H,20,22)(H,23,24)/t13-,14-/m0/s1. The molecule has 1 aliphatic rings. The van der Waals surface area contributed by atoms with E-state index in [0.29, 0.717) is 12.8 Å². The topological polar surface area (TPSA) is 95.5 Å². The summed E-state index contributed by atoms with van der Waals surface area (Å²) in [5, 5.41) is 14.4. The summed E-state index contributed by atoms with van der Waals surface area (Å²) in [4.78, 5) is 34.7. The number of benzene rings is 1. The summed E-state index contributed by atoms with van der Waals surface area (Å²) >= 11 is 0. The van der Waals surface area contributed by atoms with Gasteiger partial charge in [-0.25, -0.2) is 4.79 Å². The Morgan fingerprint density at radius 1 is 1.29 bits per heavy atom. The maximum atomic E-state index is 12.1. The predicted molar refractivity (Wildman–Crippen MR) is 89.6 cm³/mol. The van der Waals surface area contributed by atoms with Crippen LogP contribution in [0.1, 0.15) is 44.7 Å². The van der Waals surface area contributed by atoms with Crippen molar-refractivity contribution in [1.82, 2.24) is 10.6 Å². The Kier molecular flexibility index (Phi) is 5.26. The zero-order valence-electron chi connectivity index (χ0n) is 14.3. The van der Waals surface area contributed by atoms with E-state index in [4.69, 9.17) is 0 Å². The van der Waals surface area contributed by atoms with Gasteiger partial charge in [0, 0.05) is 12.8 Å². The van der Waals surface area contributed by atoms with Crippen molar-refractivity contribution in [3.8, 4) is 0 Å². The van der Waals surface area contributed by atoms with Crippen LogP contribution in [0.4, 0.5) is 0 Å². The van der Waals surface area contributed by atoms with Gasteiger partial charge in [-0.1, -0.05) is 45.0 Å². The lowest BCUT2D eigenvalue weighted by atomic mass is 9.86. The Bertz CT molecular complexity index is 631. The lowest BCUT2D eigenvalue weighted by molar-refractivity contribution is -0.142. The Hall–Kier alpha value is -2.37. The van der Waals surface area contributed by atoms with Crippen LogP contribution >= 0.6 is 0 Å². The van der Waals surface area contributed by atoms with Gasteiger partial charge in [-0.3, -0.25) is 9.59 Å². The normalized spacial score (nSPS) is 18.8. The third-order valence-corrected chi connectivity index (χ3v) is 4.19. The SMILES string of the molecule is CC(C)(C)c1ccc(C[C@H](NC(=O)[C@@H]2CCC(=O)N2)C(=O)O)cc1. The van der Waals surface area contributed by atoms with Crippen molar-refractivity contribution in [3.63, 3.8) is 0 Å². The second-order valence-electron chi connectivity index (χ2n) is 7.21. The summed E-state index contributed by atoms with van der Waals surface area (Å²) in [5.41, 5.74) is 2.03. The monoisotopic (exact) mass is 332 g/mol. The minimum absolute atomic E-state index is 0.0274. The van der Waals surface area contributed by atoms with Gasteiger partial charge in [-0.2, -0.15) is 0 Å². The summed E-state index contributed by atoms with van der Waals surface area (Å²) in [5.74, 6) is -1.72. The number of carboxylic acid groups (broad SMARTS) is 1. The average Bonchev–Trinajstić information content (AvgIpc) is 2.92. The lowest BCUT2D eigenvalue weighted by Gasteiger charge is -2.20. The molecule has 0 spiro atoms. The molecule has 0 unspecified atom stereocenters. The van der Waals surface area contributed by atoms with E-state index in [1.54, 1.807) is 0 Å². The van der Waals surface area contributed by atoms with E-state index in [-0.39, 0.29) is 17.7 Å². The molecular weight excluding hydrogens is 308 g/mol.